The summed E-state index contributed by atoms with van der Waals surface area (Å²) in [5, 5.41) is 9.37. The minimum absolute atomic E-state index is 0.0849. The summed E-state index contributed by atoms with van der Waals surface area (Å²) in [6.45, 7) is 10.5. The van der Waals surface area contributed by atoms with Gasteiger partial charge in [0.25, 0.3) is 0 Å². The Hall–Kier alpha value is -1.99. The lowest BCUT2D eigenvalue weighted by Gasteiger charge is -2.29. The fraction of sp³-hybridized carbons (Fsp3) is 0.812. The molecule has 2 atom stereocenters. The normalized spacial score (nSPS) is 21.4. The maximum absolute atomic E-state index is 12.2. The monoisotopic (exact) mass is 344 g/mol. The Morgan fingerprint density at radius 3 is 1.96 bits per heavy atom. The third-order valence-corrected chi connectivity index (χ3v) is 3.42. The van der Waals surface area contributed by atoms with Gasteiger partial charge in [-0.15, -0.1) is 0 Å². The minimum atomic E-state index is -1.12. The van der Waals surface area contributed by atoms with Gasteiger partial charge in [-0.3, -0.25) is 4.90 Å². The molecule has 8 heteroatoms. The first-order valence-corrected chi connectivity index (χ1v) is 7.89. The third-order valence-electron chi connectivity index (χ3n) is 3.42. The minimum Gasteiger partial charge on any atom is -0.480 e. The van der Waals surface area contributed by atoms with E-state index >= 15 is 0 Å². The van der Waals surface area contributed by atoms with E-state index in [-0.39, 0.29) is 13.0 Å². The number of rotatable bonds is 2. The van der Waals surface area contributed by atoms with Gasteiger partial charge in [-0.05, 0) is 41.5 Å². The number of amides is 2. The number of carboxylic acid groups (broad SMARTS) is 1. The lowest BCUT2D eigenvalue weighted by Crippen LogP contribution is -2.45. The van der Waals surface area contributed by atoms with Gasteiger partial charge in [0.05, 0.1) is 6.04 Å². The quantitative estimate of drug-likeness (QED) is 0.826. The second-order valence-corrected chi connectivity index (χ2v) is 7.97. The molecule has 1 saturated heterocycles. The summed E-state index contributed by atoms with van der Waals surface area (Å²) in [7, 11) is 1.54. The molecule has 0 radical (unpaired) electrons. The van der Waals surface area contributed by atoms with E-state index in [0.717, 1.165) is 4.90 Å². The van der Waals surface area contributed by atoms with Crippen LogP contribution in [0.1, 0.15) is 48.0 Å². The highest BCUT2D eigenvalue weighted by atomic mass is 16.6. The van der Waals surface area contributed by atoms with Crippen molar-refractivity contribution in [1.29, 1.82) is 0 Å². The zero-order valence-electron chi connectivity index (χ0n) is 15.5. The summed E-state index contributed by atoms with van der Waals surface area (Å²) in [5.74, 6) is -1.12. The molecule has 1 heterocycles. The van der Waals surface area contributed by atoms with Gasteiger partial charge < -0.3 is 19.5 Å². The molecule has 1 N–H and O–H groups in total. The summed E-state index contributed by atoms with van der Waals surface area (Å²) in [6, 6.07) is -1.48. The van der Waals surface area contributed by atoms with Crippen LogP contribution in [0.3, 0.4) is 0 Å². The van der Waals surface area contributed by atoms with Crippen LogP contribution in [0.15, 0.2) is 0 Å². The van der Waals surface area contributed by atoms with Gasteiger partial charge in [0.2, 0.25) is 0 Å². The van der Waals surface area contributed by atoms with Gasteiger partial charge in [0.15, 0.2) is 0 Å². The molecule has 1 aliphatic rings. The van der Waals surface area contributed by atoms with Crippen LogP contribution in [0.2, 0.25) is 0 Å². The van der Waals surface area contributed by atoms with Crippen molar-refractivity contribution in [2.75, 3.05) is 13.6 Å². The first-order chi connectivity index (χ1) is 10.7. The van der Waals surface area contributed by atoms with E-state index in [1.54, 1.807) is 41.5 Å². The predicted octanol–water partition coefficient (Wildman–Crippen LogP) is 2.32. The molecule has 0 aromatic carbocycles. The Balaban J connectivity index is 2.85. The molecule has 0 aliphatic carbocycles. The molecule has 1 fully saturated rings. The van der Waals surface area contributed by atoms with Crippen molar-refractivity contribution in [3.8, 4) is 0 Å². The zero-order chi connectivity index (χ0) is 18.9. The van der Waals surface area contributed by atoms with Crippen LogP contribution in [0.5, 0.6) is 0 Å². The Morgan fingerprint density at radius 2 is 1.54 bits per heavy atom. The second-order valence-electron chi connectivity index (χ2n) is 7.97. The second kappa shape index (κ2) is 6.86. The number of hydrogen-bond acceptors (Lipinski definition) is 5. The topological polar surface area (TPSA) is 96.4 Å². The molecule has 2 amide bonds. The van der Waals surface area contributed by atoms with E-state index in [2.05, 4.69) is 0 Å². The molecule has 1 aliphatic heterocycles. The van der Waals surface area contributed by atoms with Crippen molar-refractivity contribution in [1.82, 2.24) is 9.80 Å². The summed E-state index contributed by atoms with van der Waals surface area (Å²) in [5.41, 5.74) is -1.38. The van der Waals surface area contributed by atoms with E-state index in [9.17, 15) is 19.5 Å². The molecular formula is C16H28N2O6. The van der Waals surface area contributed by atoms with Crippen LogP contribution in [0, 0.1) is 0 Å². The lowest BCUT2D eigenvalue weighted by atomic mass is 10.1. The van der Waals surface area contributed by atoms with Crippen molar-refractivity contribution < 1.29 is 29.0 Å². The zero-order valence-corrected chi connectivity index (χ0v) is 15.5. The molecule has 0 bridgehead atoms. The Morgan fingerprint density at radius 1 is 1.04 bits per heavy atom. The predicted molar refractivity (Wildman–Crippen MR) is 86.8 cm³/mol. The van der Waals surface area contributed by atoms with Gasteiger partial charge in [-0.25, -0.2) is 14.4 Å². The lowest BCUT2D eigenvalue weighted by molar-refractivity contribution is -0.142. The number of hydrogen-bond donors (Lipinski definition) is 1. The third kappa shape index (κ3) is 5.58. The van der Waals surface area contributed by atoms with Gasteiger partial charge in [0, 0.05) is 20.0 Å². The first kappa shape index (κ1) is 20.1. The van der Waals surface area contributed by atoms with E-state index in [1.165, 1.54) is 11.9 Å². The molecule has 0 unspecified atom stereocenters. The molecule has 24 heavy (non-hydrogen) atoms. The number of nitrogens with zero attached hydrogens (tertiary/aromatic N) is 2. The molecule has 8 nitrogen and oxygen atoms in total. The molecule has 0 saturated carbocycles. The Kier molecular flexibility index (Phi) is 5.74. The number of likely N-dealkylation sites (N-methyl/N-ethyl adjacent to an activating group) is 1. The molecule has 1 rings (SSSR count). The summed E-state index contributed by atoms with van der Waals surface area (Å²) >= 11 is 0. The van der Waals surface area contributed by atoms with Crippen molar-refractivity contribution in [2.24, 2.45) is 0 Å². The van der Waals surface area contributed by atoms with Crippen LogP contribution >= 0.6 is 0 Å². The van der Waals surface area contributed by atoms with Gasteiger partial charge in [0.1, 0.15) is 17.2 Å². The summed E-state index contributed by atoms with van der Waals surface area (Å²) in [4.78, 5) is 38.4. The van der Waals surface area contributed by atoms with Gasteiger partial charge >= 0.3 is 18.2 Å². The Bertz CT molecular complexity index is 506. The highest BCUT2D eigenvalue weighted by Gasteiger charge is 2.44. The molecule has 0 spiro atoms. The van der Waals surface area contributed by atoms with E-state index in [4.69, 9.17) is 9.47 Å². The van der Waals surface area contributed by atoms with Crippen molar-refractivity contribution in [3.63, 3.8) is 0 Å². The first-order valence-electron chi connectivity index (χ1n) is 7.89. The van der Waals surface area contributed by atoms with Crippen LogP contribution in [0.4, 0.5) is 9.59 Å². The maximum atomic E-state index is 12.2. The molecule has 0 aromatic rings. The number of carbonyl (C=O) groups excluding carboxylic acids is 2. The number of aliphatic carboxylic acids is 1. The van der Waals surface area contributed by atoms with Gasteiger partial charge in [-0.1, -0.05) is 0 Å². The van der Waals surface area contributed by atoms with E-state index in [1.807, 2.05) is 0 Å². The van der Waals surface area contributed by atoms with Crippen LogP contribution in [0.25, 0.3) is 0 Å². The maximum Gasteiger partial charge on any atom is 0.411 e. The Labute approximate surface area is 142 Å². The smallest absolute Gasteiger partial charge is 0.411 e. The summed E-state index contributed by atoms with van der Waals surface area (Å²) < 4.78 is 10.5. The van der Waals surface area contributed by atoms with Crippen LogP contribution in [-0.2, 0) is 14.3 Å². The fourth-order valence-corrected chi connectivity index (χ4v) is 2.33. The standard InChI is InChI=1S/C16H28N2O6/c1-15(2,3)23-13(21)17(7)10-8-11(12(19)20)18(9-10)14(22)24-16(4,5)6/h10-11H,8-9H2,1-7H3,(H,19,20)/t10-,11+/m1/s1. The largest absolute Gasteiger partial charge is 0.480 e. The SMILES string of the molecule is CN(C(=O)OC(C)(C)C)[C@@H]1C[C@@H](C(=O)O)N(C(=O)OC(C)(C)C)C1. The van der Waals surface area contributed by atoms with E-state index in [0.29, 0.717) is 0 Å². The highest BCUT2D eigenvalue weighted by molar-refractivity contribution is 5.81. The molecular weight excluding hydrogens is 316 g/mol. The van der Waals surface area contributed by atoms with Gasteiger partial charge in [-0.2, -0.15) is 0 Å². The fourth-order valence-electron chi connectivity index (χ4n) is 2.33. The van der Waals surface area contributed by atoms with Crippen LogP contribution in [-0.4, -0.2) is 69.9 Å². The van der Waals surface area contributed by atoms with Crippen molar-refractivity contribution >= 4 is 18.2 Å². The summed E-state index contributed by atoms with van der Waals surface area (Å²) in [6.07, 6.45) is -1.12. The number of carboxylic acids is 1. The van der Waals surface area contributed by atoms with Crippen molar-refractivity contribution in [2.45, 2.75) is 71.2 Å². The van der Waals surface area contributed by atoms with E-state index < -0.39 is 41.4 Å². The van der Waals surface area contributed by atoms with Crippen molar-refractivity contribution in [3.05, 3.63) is 0 Å². The number of likely N-dealkylation sites (tertiary alicyclic amines) is 1. The van der Waals surface area contributed by atoms with Crippen LogP contribution < -0.4 is 0 Å². The number of ether oxygens (including phenoxy) is 2. The molecule has 0 aromatic heterocycles. The average Bonchev–Trinajstić information content (AvgIpc) is 2.78. The number of carbonyl (C=O) groups is 3. The highest BCUT2D eigenvalue weighted by Crippen LogP contribution is 2.25. The average molecular weight is 344 g/mol. The molecule has 138 valence electrons.